The van der Waals surface area contributed by atoms with Gasteiger partial charge in [-0.1, -0.05) is 0 Å². The minimum atomic E-state index is -0.317. The van der Waals surface area contributed by atoms with Crippen molar-refractivity contribution in [2.45, 2.75) is 6.92 Å². The summed E-state index contributed by atoms with van der Waals surface area (Å²) in [5, 5.41) is 9.40. The predicted octanol–water partition coefficient (Wildman–Crippen LogP) is 2.49. The first-order chi connectivity index (χ1) is 6.22. The van der Waals surface area contributed by atoms with Gasteiger partial charge in [0.1, 0.15) is 5.82 Å². The van der Waals surface area contributed by atoms with Crippen LogP contribution in [0.2, 0.25) is 0 Å². The molecule has 0 spiro atoms. The molecule has 0 amide bonds. The monoisotopic (exact) mass is 174 g/mol. The molecule has 0 radical (unpaired) electrons. The van der Waals surface area contributed by atoms with Gasteiger partial charge in [0.05, 0.1) is 17.1 Å². The summed E-state index contributed by atoms with van der Waals surface area (Å²) in [6.07, 6.45) is 0. The van der Waals surface area contributed by atoms with Crippen molar-refractivity contribution >= 4 is 10.9 Å². The minimum absolute atomic E-state index is 0.317. The van der Waals surface area contributed by atoms with E-state index in [-0.39, 0.29) is 5.82 Å². The fraction of sp³-hybridized carbons (Fsp3) is 0.100. The topological polar surface area (TPSA) is 39.6 Å². The highest BCUT2D eigenvalue weighted by Gasteiger charge is 2.07. The number of H-pyrrole nitrogens is 1. The number of nitrogens with zero attached hydrogens (tertiary/aromatic N) is 1. The van der Waals surface area contributed by atoms with Crippen LogP contribution in [0.25, 0.3) is 10.9 Å². The standard InChI is InChI=1S/C10H7FN2/c1-6-4-8-7(5-12)2-3-9(11)10(8)13-6/h2-4,13H,1H3. The number of nitriles is 1. The average Bonchev–Trinajstić information content (AvgIpc) is 2.48. The second kappa shape index (κ2) is 2.60. The lowest BCUT2D eigenvalue weighted by atomic mass is 10.1. The first-order valence-corrected chi connectivity index (χ1v) is 3.90. The van der Waals surface area contributed by atoms with Crippen LogP contribution in [0.1, 0.15) is 11.3 Å². The summed E-state index contributed by atoms with van der Waals surface area (Å²) in [5.41, 5.74) is 1.77. The number of aryl methyl sites for hydroxylation is 1. The Bertz CT molecular complexity index is 505. The highest BCUT2D eigenvalue weighted by Crippen LogP contribution is 2.21. The molecule has 1 N–H and O–H groups in total. The molecule has 3 heteroatoms. The van der Waals surface area contributed by atoms with Crippen LogP contribution in [0.3, 0.4) is 0 Å². The number of benzene rings is 1. The molecule has 0 aliphatic rings. The van der Waals surface area contributed by atoms with E-state index in [1.54, 1.807) is 6.07 Å². The SMILES string of the molecule is Cc1cc2c(C#N)ccc(F)c2[nH]1. The molecule has 1 aromatic heterocycles. The minimum Gasteiger partial charge on any atom is -0.356 e. The number of hydrogen-bond donors (Lipinski definition) is 1. The molecule has 2 nitrogen and oxygen atoms in total. The molecule has 1 aromatic carbocycles. The van der Waals surface area contributed by atoms with E-state index in [1.165, 1.54) is 12.1 Å². The maximum absolute atomic E-state index is 13.2. The number of halogens is 1. The van der Waals surface area contributed by atoms with Crippen LogP contribution in [0.5, 0.6) is 0 Å². The molecule has 64 valence electrons. The third-order valence-electron chi connectivity index (χ3n) is 2.00. The third-order valence-corrected chi connectivity index (χ3v) is 2.00. The van der Waals surface area contributed by atoms with E-state index in [0.29, 0.717) is 16.5 Å². The molecule has 2 aromatic rings. The molecule has 0 atom stereocenters. The van der Waals surface area contributed by atoms with E-state index in [9.17, 15) is 4.39 Å². The molecule has 0 aliphatic carbocycles. The van der Waals surface area contributed by atoms with Gasteiger partial charge in [0, 0.05) is 11.1 Å². The van der Waals surface area contributed by atoms with Gasteiger partial charge in [-0.25, -0.2) is 4.39 Å². The molecule has 13 heavy (non-hydrogen) atoms. The van der Waals surface area contributed by atoms with Crippen LogP contribution in [0.4, 0.5) is 4.39 Å². The summed E-state index contributed by atoms with van der Waals surface area (Å²) in [4.78, 5) is 2.88. The zero-order valence-corrected chi connectivity index (χ0v) is 7.06. The van der Waals surface area contributed by atoms with Gasteiger partial charge in [-0.05, 0) is 25.1 Å². The molecule has 1 heterocycles. The molecule has 0 saturated heterocycles. The van der Waals surface area contributed by atoms with Gasteiger partial charge in [0.25, 0.3) is 0 Å². The zero-order chi connectivity index (χ0) is 9.42. The number of hydrogen-bond acceptors (Lipinski definition) is 1. The summed E-state index contributed by atoms with van der Waals surface area (Å²) < 4.78 is 13.2. The lowest BCUT2D eigenvalue weighted by Gasteiger charge is -1.93. The quantitative estimate of drug-likeness (QED) is 0.654. The van der Waals surface area contributed by atoms with Gasteiger partial charge in [-0.3, -0.25) is 0 Å². The highest BCUT2D eigenvalue weighted by atomic mass is 19.1. The maximum Gasteiger partial charge on any atom is 0.147 e. The van der Waals surface area contributed by atoms with Crippen LogP contribution >= 0.6 is 0 Å². The average molecular weight is 174 g/mol. The van der Waals surface area contributed by atoms with E-state index >= 15 is 0 Å². The Kier molecular flexibility index (Phi) is 1.56. The molecular weight excluding hydrogens is 167 g/mol. The summed E-state index contributed by atoms with van der Waals surface area (Å²) in [6, 6.07) is 6.59. The van der Waals surface area contributed by atoms with Crippen LogP contribution in [-0.2, 0) is 0 Å². The smallest absolute Gasteiger partial charge is 0.147 e. The fourth-order valence-electron chi connectivity index (χ4n) is 1.42. The van der Waals surface area contributed by atoms with Crippen molar-refractivity contribution in [2.75, 3.05) is 0 Å². The van der Waals surface area contributed by atoms with Gasteiger partial charge >= 0.3 is 0 Å². The summed E-state index contributed by atoms with van der Waals surface area (Å²) in [5.74, 6) is -0.317. The van der Waals surface area contributed by atoms with Crippen molar-refractivity contribution < 1.29 is 4.39 Å². The second-order valence-corrected chi connectivity index (χ2v) is 2.95. The van der Waals surface area contributed by atoms with E-state index in [0.717, 1.165) is 5.69 Å². The molecule has 2 rings (SSSR count). The first-order valence-electron chi connectivity index (χ1n) is 3.90. The first kappa shape index (κ1) is 7.81. The number of nitrogens with one attached hydrogen (secondary N) is 1. The van der Waals surface area contributed by atoms with Gasteiger partial charge in [-0.2, -0.15) is 5.26 Å². The van der Waals surface area contributed by atoms with Gasteiger partial charge in [0.2, 0.25) is 0 Å². The molecule has 0 fully saturated rings. The summed E-state index contributed by atoms with van der Waals surface area (Å²) >= 11 is 0. The largest absolute Gasteiger partial charge is 0.356 e. The summed E-state index contributed by atoms with van der Waals surface area (Å²) in [6.45, 7) is 1.83. The Morgan fingerprint density at radius 2 is 2.23 bits per heavy atom. The third kappa shape index (κ3) is 1.07. The van der Waals surface area contributed by atoms with Crippen molar-refractivity contribution in [1.82, 2.24) is 4.98 Å². The van der Waals surface area contributed by atoms with Crippen molar-refractivity contribution in [2.24, 2.45) is 0 Å². The number of rotatable bonds is 0. The van der Waals surface area contributed by atoms with E-state index in [1.807, 2.05) is 13.0 Å². The van der Waals surface area contributed by atoms with Gasteiger partial charge in [-0.15, -0.1) is 0 Å². The zero-order valence-electron chi connectivity index (χ0n) is 7.06. The van der Waals surface area contributed by atoms with E-state index < -0.39 is 0 Å². The molecule has 0 unspecified atom stereocenters. The normalized spacial score (nSPS) is 10.2. The van der Waals surface area contributed by atoms with Crippen LogP contribution in [0.15, 0.2) is 18.2 Å². The number of fused-ring (bicyclic) bond motifs is 1. The Morgan fingerprint density at radius 3 is 2.92 bits per heavy atom. The van der Waals surface area contributed by atoms with Gasteiger partial charge < -0.3 is 4.98 Å². The number of aromatic amines is 1. The highest BCUT2D eigenvalue weighted by molar-refractivity contribution is 5.86. The molecule has 0 bridgehead atoms. The maximum atomic E-state index is 13.2. The number of aromatic nitrogens is 1. The van der Waals surface area contributed by atoms with Crippen molar-refractivity contribution in [3.8, 4) is 6.07 Å². The van der Waals surface area contributed by atoms with Crippen LogP contribution < -0.4 is 0 Å². The van der Waals surface area contributed by atoms with Crippen molar-refractivity contribution in [3.63, 3.8) is 0 Å². The fourth-order valence-corrected chi connectivity index (χ4v) is 1.42. The van der Waals surface area contributed by atoms with Crippen LogP contribution in [-0.4, -0.2) is 4.98 Å². The predicted molar refractivity (Wildman–Crippen MR) is 47.7 cm³/mol. The molecule has 0 saturated carbocycles. The van der Waals surface area contributed by atoms with Crippen molar-refractivity contribution in [3.05, 3.63) is 35.3 Å². The Hall–Kier alpha value is -1.82. The Morgan fingerprint density at radius 1 is 1.46 bits per heavy atom. The second-order valence-electron chi connectivity index (χ2n) is 2.95. The molecule has 0 aliphatic heterocycles. The lowest BCUT2D eigenvalue weighted by molar-refractivity contribution is 0.637. The lowest BCUT2D eigenvalue weighted by Crippen LogP contribution is -1.81. The van der Waals surface area contributed by atoms with E-state index in [4.69, 9.17) is 5.26 Å². The van der Waals surface area contributed by atoms with Crippen LogP contribution in [0, 0.1) is 24.1 Å². The Labute approximate surface area is 74.6 Å². The van der Waals surface area contributed by atoms with Gasteiger partial charge in [0.15, 0.2) is 0 Å². The summed E-state index contributed by atoms with van der Waals surface area (Å²) in [7, 11) is 0. The molecular formula is C10H7FN2. The Balaban J connectivity index is 2.94. The van der Waals surface area contributed by atoms with Crippen molar-refractivity contribution in [1.29, 1.82) is 5.26 Å². The van der Waals surface area contributed by atoms with E-state index in [2.05, 4.69) is 4.98 Å².